The van der Waals surface area contributed by atoms with Gasteiger partial charge in [0.2, 0.25) is 5.91 Å². The van der Waals surface area contributed by atoms with Crippen LogP contribution in [0.1, 0.15) is 11.5 Å². The summed E-state index contributed by atoms with van der Waals surface area (Å²) in [5.41, 5.74) is 1.31. The van der Waals surface area contributed by atoms with Crippen molar-refractivity contribution in [3.63, 3.8) is 0 Å². The number of rotatable bonds is 2. The Morgan fingerprint density at radius 1 is 1.43 bits per heavy atom. The minimum Gasteiger partial charge on any atom is -0.389 e. The molecule has 1 aliphatic rings. The van der Waals surface area contributed by atoms with Gasteiger partial charge in [0.05, 0.1) is 0 Å². The van der Waals surface area contributed by atoms with Crippen molar-refractivity contribution in [3.8, 4) is 0 Å². The van der Waals surface area contributed by atoms with E-state index in [-0.39, 0.29) is 5.91 Å². The van der Waals surface area contributed by atoms with Gasteiger partial charge in [-0.3, -0.25) is 9.59 Å². The standard InChI is InChI=1S/C10H9NO3/c12-5-8(13)9-6-3-1-2-4-7(6)11-10(9)14/h1-4,9,12H,5H2,(H,11,14). The smallest absolute Gasteiger partial charge is 0.239 e. The van der Waals surface area contributed by atoms with Crippen LogP contribution in [0.4, 0.5) is 5.69 Å². The van der Waals surface area contributed by atoms with Crippen molar-refractivity contribution in [1.82, 2.24) is 0 Å². The molecule has 1 unspecified atom stereocenters. The first-order chi connectivity index (χ1) is 6.74. The minimum atomic E-state index is -0.837. The molecule has 4 nitrogen and oxygen atoms in total. The highest BCUT2D eigenvalue weighted by Gasteiger charge is 2.35. The van der Waals surface area contributed by atoms with E-state index >= 15 is 0 Å². The van der Waals surface area contributed by atoms with E-state index in [1.165, 1.54) is 0 Å². The van der Waals surface area contributed by atoms with Crippen LogP contribution in [0.25, 0.3) is 0 Å². The summed E-state index contributed by atoms with van der Waals surface area (Å²) in [6, 6.07) is 6.99. The summed E-state index contributed by atoms with van der Waals surface area (Å²) in [6.07, 6.45) is 0. The number of benzene rings is 1. The number of carbonyl (C=O) groups excluding carboxylic acids is 2. The number of aliphatic hydroxyl groups is 1. The minimum absolute atomic E-state index is 0.356. The second-order valence-electron chi connectivity index (χ2n) is 3.13. The molecule has 1 amide bonds. The predicted octanol–water partition coefficient (Wildman–Crippen LogP) is 0.284. The number of aliphatic hydroxyl groups excluding tert-OH is 1. The van der Waals surface area contributed by atoms with Crippen LogP contribution < -0.4 is 5.32 Å². The third-order valence-corrected chi connectivity index (χ3v) is 2.27. The van der Waals surface area contributed by atoms with Crippen LogP contribution in [0, 0.1) is 0 Å². The van der Waals surface area contributed by atoms with Crippen LogP contribution in [0.15, 0.2) is 24.3 Å². The second kappa shape index (κ2) is 3.23. The van der Waals surface area contributed by atoms with Crippen molar-refractivity contribution in [2.24, 2.45) is 0 Å². The van der Waals surface area contributed by atoms with E-state index in [9.17, 15) is 9.59 Å². The summed E-state index contributed by atoms with van der Waals surface area (Å²) in [6.45, 7) is -0.605. The van der Waals surface area contributed by atoms with E-state index in [4.69, 9.17) is 5.11 Å². The fraction of sp³-hybridized carbons (Fsp3) is 0.200. The SMILES string of the molecule is O=C(CO)C1C(=O)Nc2ccccc21. The number of amides is 1. The fourth-order valence-electron chi connectivity index (χ4n) is 1.62. The lowest BCUT2D eigenvalue weighted by atomic mass is 9.97. The van der Waals surface area contributed by atoms with Crippen molar-refractivity contribution >= 4 is 17.4 Å². The molecule has 2 rings (SSSR count). The first-order valence-corrected chi connectivity index (χ1v) is 4.27. The molecule has 1 aromatic rings. The molecule has 1 aromatic carbocycles. The van der Waals surface area contributed by atoms with Crippen LogP contribution in [0.3, 0.4) is 0 Å². The van der Waals surface area contributed by atoms with E-state index in [1.54, 1.807) is 24.3 Å². The number of anilines is 1. The molecule has 1 aliphatic heterocycles. The molecule has 1 atom stereocenters. The summed E-state index contributed by atoms with van der Waals surface area (Å²) in [4.78, 5) is 22.7. The van der Waals surface area contributed by atoms with Gasteiger partial charge in [-0.25, -0.2) is 0 Å². The maximum absolute atomic E-state index is 11.4. The topological polar surface area (TPSA) is 66.4 Å². The molecular formula is C10H9NO3. The number of fused-ring (bicyclic) bond motifs is 1. The lowest BCUT2D eigenvalue weighted by Crippen LogP contribution is -2.23. The Morgan fingerprint density at radius 2 is 2.14 bits per heavy atom. The van der Waals surface area contributed by atoms with E-state index in [2.05, 4.69) is 5.32 Å². The Labute approximate surface area is 80.6 Å². The Morgan fingerprint density at radius 3 is 2.86 bits per heavy atom. The largest absolute Gasteiger partial charge is 0.389 e. The molecule has 0 saturated heterocycles. The van der Waals surface area contributed by atoms with Gasteiger partial charge in [0.1, 0.15) is 12.5 Å². The third kappa shape index (κ3) is 1.20. The van der Waals surface area contributed by atoms with Gasteiger partial charge in [0, 0.05) is 5.69 Å². The fourth-order valence-corrected chi connectivity index (χ4v) is 1.62. The average molecular weight is 191 g/mol. The van der Waals surface area contributed by atoms with Crippen LogP contribution in [-0.4, -0.2) is 23.4 Å². The number of nitrogens with one attached hydrogen (secondary N) is 1. The molecule has 14 heavy (non-hydrogen) atoms. The number of hydrogen-bond donors (Lipinski definition) is 2. The first-order valence-electron chi connectivity index (χ1n) is 4.27. The molecular weight excluding hydrogens is 182 g/mol. The maximum atomic E-state index is 11.4. The van der Waals surface area contributed by atoms with Gasteiger partial charge >= 0.3 is 0 Å². The van der Waals surface area contributed by atoms with Crippen molar-refractivity contribution in [3.05, 3.63) is 29.8 Å². The van der Waals surface area contributed by atoms with Gasteiger partial charge < -0.3 is 10.4 Å². The zero-order chi connectivity index (χ0) is 10.1. The Bertz CT molecular complexity index is 392. The van der Waals surface area contributed by atoms with Gasteiger partial charge in [-0.1, -0.05) is 18.2 Å². The van der Waals surface area contributed by atoms with E-state index in [1.807, 2.05) is 0 Å². The molecule has 0 saturated carbocycles. The second-order valence-corrected chi connectivity index (χ2v) is 3.13. The van der Waals surface area contributed by atoms with Gasteiger partial charge in [0.15, 0.2) is 5.78 Å². The zero-order valence-corrected chi connectivity index (χ0v) is 7.36. The molecule has 0 fully saturated rings. The molecule has 2 N–H and O–H groups in total. The molecule has 72 valence electrons. The van der Waals surface area contributed by atoms with Gasteiger partial charge in [-0.15, -0.1) is 0 Å². The lowest BCUT2D eigenvalue weighted by molar-refractivity contribution is -0.129. The summed E-state index contributed by atoms with van der Waals surface area (Å²) in [7, 11) is 0. The number of para-hydroxylation sites is 1. The van der Waals surface area contributed by atoms with E-state index in [0.717, 1.165) is 0 Å². The van der Waals surface area contributed by atoms with Crippen LogP contribution in [0.2, 0.25) is 0 Å². The number of hydrogen-bond acceptors (Lipinski definition) is 3. The highest BCUT2D eigenvalue weighted by Crippen LogP contribution is 2.32. The third-order valence-electron chi connectivity index (χ3n) is 2.27. The highest BCUT2D eigenvalue weighted by molar-refractivity contribution is 6.17. The summed E-state index contributed by atoms with van der Waals surface area (Å²) < 4.78 is 0. The zero-order valence-electron chi connectivity index (χ0n) is 7.36. The van der Waals surface area contributed by atoms with Crippen LogP contribution >= 0.6 is 0 Å². The number of carbonyl (C=O) groups is 2. The van der Waals surface area contributed by atoms with Crippen LogP contribution in [-0.2, 0) is 9.59 Å². The molecule has 1 heterocycles. The van der Waals surface area contributed by atoms with E-state index < -0.39 is 18.3 Å². The Hall–Kier alpha value is -1.68. The highest BCUT2D eigenvalue weighted by atomic mass is 16.3. The molecule has 0 spiro atoms. The molecule has 0 aliphatic carbocycles. The summed E-state index contributed by atoms with van der Waals surface area (Å²) in [5, 5.41) is 11.3. The van der Waals surface area contributed by atoms with E-state index in [0.29, 0.717) is 11.3 Å². The molecule has 0 radical (unpaired) electrons. The summed E-state index contributed by atoms with van der Waals surface area (Å²) >= 11 is 0. The van der Waals surface area contributed by atoms with Crippen molar-refractivity contribution in [2.75, 3.05) is 11.9 Å². The average Bonchev–Trinajstić information content (AvgIpc) is 2.53. The van der Waals surface area contributed by atoms with Gasteiger partial charge in [-0.05, 0) is 11.6 Å². The molecule has 0 aromatic heterocycles. The molecule has 4 heteroatoms. The maximum Gasteiger partial charge on any atom is 0.239 e. The van der Waals surface area contributed by atoms with Crippen LogP contribution in [0.5, 0.6) is 0 Å². The molecule has 0 bridgehead atoms. The van der Waals surface area contributed by atoms with Gasteiger partial charge in [-0.2, -0.15) is 0 Å². The quantitative estimate of drug-likeness (QED) is 0.660. The Kier molecular flexibility index (Phi) is 2.05. The lowest BCUT2D eigenvalue weighted by Gasteiger charge is -2.03. The first kappa shape index (κ1) is 8.90. The monoisotopic (exact) mass is 191 g/mol. The van der Waals surface area contributed by atoms with Crippen molar-refractivity contribution in [2.45, 2.75) is 5.92 Å². The Balaban J connectivity index is 2.44. The number of Topliss-reactive ketones (excluding diaryl/α,β-unsaturated/α-hetero) is 1. The number of ketones is 1. The van der Waals surface area contributed by atoms with Gasteiger partial charge in [0.25, 0.3) is 0 Å². The van der Waals surface area contributed by atoms with Crippen molar-refractivity contribution < 1.29 is 14.7 Å². The predicted molar refractivity (Wildman–Crippen MR) is 49.9 cm³/mol. The van der Waals surface area contributed by atoms with Crippen molar-refractivity contribution in [1.29, 1.82) is 0 Å². The summed E-state index contributed by atoms with van der Waals surface area (Å²) in [5.74, 6) is -1.66. The normalized spacial score (nSPS) is 18.9.